The summed E-state index contributed by atoms with van der Waals surface area (Å²) < 4.78 is 26.1. The fourth-order valence-corrected chi connectivity index (χ4v) is 6.64. The van der Waals surface area contributed by atoms with Gasteiger partial charge in [-0.15, -0.1) is 0 Å². The van der Waals surface area contributed by atoms with Gasteiger partial charge in [0, 0.05) is 12.0 Å². The van der Waals surface area contributed by atoms with Gasteiger partial charge in [0.15, 0.2) is 14.5 Å². The molecule has 0 unspecified atom stereocenters. The van der Waals surface area contributed by atoms with Gasteiger partial charge in [0.05, 0.1) is 7.11 Å². The molecule has 0 bridgehead atoms. The molecular weight excluding hydrogens is 347 g/mol. The van der Waals surface area contributed by atoms with Gasteiger partial charge in [0.2, 0.25) is 0 Å². The van der Waals surface area contributed by atoms with Crippen LogP contribution in [-0.2, 0) is 14.0 Å². The smallest absolute Gasteiger partial charge is 0.340 e. The minimum absolute atomic E-state index is 0.0586. The first-order chi connectivity index (χ1) is 11.8. The van der Waals surface area contributed by atoms with E-state index in [0.717, 1.165) is 32.1 Å². The maximum atomic E-state index is 14.6. The summed E-state index contributed by atoms with van der Waals surface area (Å²) in [5.74, 6) is -0.339. The Labute approximate surface area is 160 Å². The Hall–Kier alpha value is -0.423. The third-order valence-electron chi connectivity index (χ3n) is 7.91. The molecule has 2 rings (SSSR count). The zero-order valence-corrected chi connectivity index (χ0v) is 19.0. The van der Waals surface area contributed by atoms with Gasteiger partial charge in [-0.25, -0.2) is 9.18 Å². The van der Waals surface area contributed by atoms with Crippen LogP contribution in [0.3, 0.4) is 0 Å². The summed E-state index contributed by atoms with van der Waals surface area (Å²) in [5, 5.41) is 0.195. The van der Waals surface area contributed by atoms with Gasteiger partial charge in [-0.1, -0.05) is 41.0 Å². The van der Waals surface area contributed by atoms with Crippen LogP contribution in [0.5, 0.6) is 0 Å². The summed E-state index contributed by atoms with van der Waals surface area (Å²) in [6, 6.07) is 0. The summed E-state index contributed by atoms with van der Waals surface area (Å²) in [7, 11) is -0.560. The maximum absolute atomic E-state index is 14.6. The number of hydrogen-bond donors (Lipinski definition) is 0. The highest BCUT2D eigenvalue weighted by Crippen LogP contribution is 2.59. The van der Waals surface area contributed by atoms with Crippen molar-refractivity contribution in [3.05, 3.63) is 0 Å². The number of hydrogen-bond acceptors (Lipinski definition) is 3. The van der Waals surface area contributed by atoms with E-state index in [1.807, 2.05) is 6.92 Å². The molecule has 0 aromatic rings. The average Bonchev–Trinajstić information content (AvgIpc) is 2.89. The molecule has 0 saturated heterocycles. The van der Waals surface area contributed by atoms with E-state index in [0.29, 0.717) is 5.92 Å². The van der Waals surface area contributed by atoms with Crippen LogP contribution in [0.15, 0.2) is 0 Å². The number of carbonyl (C=O) groups is 1. The lowest BCUT2D eigenvalue weighted by Gasteiger charge is -2.50. The lowest BCUT2D eigenvalue weighted by molar-refractivity contribution is -0.150. The zero-order chi connectivity index (χ0) is 19.9. The first-order valence-corrected chi connectivity index (χ1v) is 13.2. The van der Waals surface area contributed by atoms with Crippen LogP contribution < -0.4 is 0 Å². The van der Waals surface area contributed by atoms with Gasteiger partial charge in [-0.05, 0) is 61.1 Å². The lowest BCUT2D eigenvalue weighted by Crippen LogP contribution is -2.50. The molecular formula is C21H39FO3Si. The Kier molecular flexibility index (Phi) is 6.34. The Morgan fingerprint density at radius 2 is 1.85 bits per heavy atom. The fraction of sp³-hybridized carbons (Fsp3) is 0.952. The monoisotopic (exact) mass is 386 g/mol. The molecule has 0 spiro atoms. The van der Waals surface area contributed by atoms with E-state index in [1.165, 1.54) is 7.11 Å². The standard InChI is InChI=1S/C21H39FO3Si/c1-14(18(22)19(23)24-6)15-11-12-16-17(10-9-13-21(15,16)5)25-26(7,8)20(2,3)4/h14-18H,9-13H2,1-8H3/t14-,15+,16-,17-,18-,21+/m0/s1. The average molecular weight is 387 g/mol. The van der Waals surface area contributed by atoms with Crippen molar-refractivity contribution in [2.75, 3.05) is 7.11 Å². The summed E-state index contributed by atoms with van der Waals surface area (Å²) in [6.07, 6.45) is 4.17. The number of alkyl halides is 1. The predicted octanol–water partition coefficient (Wildman–Crippen LogP) is 5.74. The Morgan fingerprint density at radius 3 is 2.38 bits per heavy atom. The van der Waals surface area contributed by atoms with E-state index in [9.17, 15) is 9.18 Å². The summed E-state index contributed by atoms with van der Waals surface area (Å²) in [6.45, 7) is 15.7. The third-order valence-corrected chi connectivity index (χ3v) is 12.4. The maximum Gasteiger partial charge on any atom is 0.340 e. The van der Waals surface area contributed by atoms with Crippen molar-refractivity contribution in [1.82, 2.24) is 0 Å². The van der Waals surface area contributed by atoms with Gasteiger partial charge in [-0.3, -0.25) is 0 Å². The molecule has 6 atom stereocenters. The first kappa shape index (κ1) is 21.9. The van der Waals surface area contributed by atoms with Crippen molar-refractivity contribution in [3.63, 3.8) is 0 Å². The van der Waals surface area contributed by atoms with Gasteiger partial charge < -0.3 is 9.16 Å². The second-order valence-corrected chi connectivity index (χ2v) is 15.1. The van der Waals surface area contributed by atoms with Gasteiger partial charge in [0.1, 0.15) is 0 Å². The molecule has 152 valence electrons. The molecule has 5 heteroatoms. The topological polar surface area (TPSA) is 35.5 Å². The molecule has 2 aliphatic carbocycles. The molecule has 0 heterocycles. The van der Waals surface area contributed by atoms with E-state index >= 15 is 0 Å². The first-order valence-electron chi connectivity index (χ1n) is 10.2. The molecule has 0 amide bonds. The summed E-state index contributed by atoms with van der Waals surface area (Å²) in [4.78, 5) is 11.7. The molecule has 2 saturated carbocycles. The molecule has 0 aromatic carbocycles. The zero-order valence-electron chi connectivity index (χ0n) is 18.0. The van der Waals surface area contributed by atoms with E-state index in [1.54, 1.807) is 0 Å². The predicted molar refractivity (Wildman–Crippen MR) is 106 cm³/mol. The van der Waals surface area contributed by atoms with Gasteiger partial charge in [-0.2, -0.15) is 0 Å². The largest absolute Gasteiger partial charge is 0.467 e. The highest BCUT2D eigenvalue weighted by molar-refractivity contribution is 6.74. The quantitative estimate of drug-likeness (QED) is 0.446. The summed E-state index contributed by atoms with van der Waals surface area (Å²) in [5.41, 5.74) is 0.0586. The number of carbonyl (C=O) groups excluding carboxylic acids is 1. The molecule has 0 N–H and O–H groups in total. The second kappa shape index (κ2) is 7.54. The lowest BCUT2D eigenvalue weighted by atomic mass is 9.61. The van der Waals surface area contributed by atoms with Crippen LogP contribution in [0, 0.1) is 23.2 Å². The number of fused-ring (bicyclic) bond motifs is 1. The second-order valence-electron chi connectivity index (χ2n) is 10.4. The minimum Gasteiger partial charge on any atom is -0.467 e. The number of methoxy groups -OCH3 is 1. The molecule has 2 aliphatic rings. The van der Waals surface area contributed by atoms with E-state index in [4.69, 9.17) is 4.43 Å². The van der Waals surface area contributed by atoms with Crippen molar-refractivity contribution in [1.29, 1.82) is 0 Å². The number of rotatable bonds is 5. The van der Waals surface area contributed by atoms with Crippen LogP contribution in [0.25, 0.3) is 0 Å². The minimum atomic E-state index is -1.83. The normalized spacial score (nSPS) is 34.9. The molecule has 2 fully saturated rings. The third kappa shape index (κ3) is 3.89. The van der Waals surface area contributed by atoms with Crippen LogP contribution in [0.2, 0.25) is 18.1 Å². The van der Waals surface area contributed by atoms with Gasteiger partial charge >= 0.3 is 5.97 Å². The highest BCUT2D eigenvalue weighted by Gasteiger charge is 2.56. The van der Waals surface area contributed by atoms with Crippen LogP contribution in [0.1, 0.15) is 66.7 Å². The highest BCUT2D eigenvalue weighted by atomic mass is 28.4. The van der Waals surface area contributed by atoms with E-state index < -0.39 is 20.5 Å². The molecule has 26 heavy (non-hydrogen) atoms. The molecule has 3 nitrogen and oxygen atoms in total. The molecule has 0 aromatic heterocycles. The van der Waals surface area contributed by atoms with Crippen LogP contribution in [-0.4, -0.2) is 33.7 Å². The summed E-state index contributed by atoms with van der Waals surface area (Å²) >= 11 is 0. The van der Waals surface area contributed by atoms with Crippen LogP contribution >= 0.6 is 0 Å². The van der Waals surface area contributed by atoms with Crippen molar-refractivity contribution >= 4 is 14.3 Å². The Morgan fingerprint density at radius 1 is 1.23 bits per heavy atom. The fourth-order valence-electron chi connectivity index (χ4n) is 5.25. The molecule has 0 aliphatic heterocycles. The SMILES string of the molecule is COC(=O)[C@@H](F)[C@@H](C)[C@H]1CC[C@H]2[C@@H](O[Si](C)(C)C(C)(C)C)CCC[C@]12C. The van der Waals surface area contributed by atoms with Crippen molar-refractivity contribution in [3.8, 4) is 0 Å². The van der Waals surface area contributed by atoms with Crippen molar-refractivity contribution in [2.24, 2.45) is 23.2 Å². The molecule has 0 radical (unpaired) electrons. The van der Waals surface area contributed by atoms with E-state index in [2.05, 4.69) is 45.5 Å². The van der Waals surface area contributed by atoms with Crippen molar-refractivity contribution < 1.29 is 18.3 Å². The number of ether oxygens (including phenoxy) is 1. The Bertz CT molecular complexity index is 516. The van der Waals surface area contributed by atoms with Crippen molar-refractivity contribution in [2.45, 2.75) is 97.1 Å². The van der Waals surface area contributed by atoms with Gasteiger partial charge in [0.25, 0.3) is 0 Å². The number of halogens is 1. The van der Waals surface area contributed by atoms with E-state index in [-0.39, 0.29) is 28.4 Å². The number of esters is 1. The Balaban J connectivity index is 2.19. The van der Waals surface area contributed by atoms with Crippen LogP contribution in [0.4, 0.5) is 4.39 Å².